The Morgan fingerprint density at radius 1 is 1.37 bits per heavy atom. The number of nitrogens with zero attached hydrogens (tertiary/aromatic N) is 2. The van der Waals surface area contributed by atoms with Crippen molar-refractivity contribution in [3.05, 3.63) is 30.0 Å². The van der Waals surface area contributed by atoms with E-state index in [-0.39, 0.29) is 0 Å². The number of benzene rings is 1. The molecule has 0 atom stereocenters. The summed E-state index contributed by atoms with van der Waals surface area (Å²) in [6.07, 6.45) is 2.76. The summed E-state index contributed by atoms with van der Waals surface area (Å²) in [6.45, 7) is 3.05. The van der Waals surface area contributed by atoms with Crippen LogP contribution in [0.3, 0.4) is 0 Å². The van der Waals surface area contributed by atoms with Crippen LogP contribution in [0.1, 0.15) is 22.2 Å². The number of rotatable bonds is 3. The summed E-state index contributed by atoms with van der Waals surface area (Å²) in [7, 11) is 3.82. The first-order chi connectivity index (χ1) is 9.76. The summed E-state index contributed by atoms with van der Waals surface area (Å²) in [5.41, 5.74) is 1.50. The molecular weight excluding hydrogens is 236 g/mol. The molecule has 0 fully saturated rings. The molecule has 0 N–H and O–H groups in total. The Morgan fingerprint density at radius 3 is 2.89 bits per heavy atom. The molecule has 19 heavy (non-hydrogen) atoms. The average molecular weight is 260 g/mol. The molecule has 3 nitrogen and oxygen atoms in total. The molecule has 1 aliphatic rings. The van der Waals surface area contributed by atoms with Gasteiger partial charge < -0.3 is 14.2 Å². The molecule has 0 bridgehead atoms. The van der Waals surface area contributed by atoms with Gasteiger partial charge in [-0.3, -0.25) is 0 Å². The van der Waals surface area contributed by atoms with E-state index in [0.29, 0.717) is 0 Å². The van der Waals surface area contributed by atoms with Gasteiger partial charge in [0.25, 0.3) is 0 Å². The standard InChI is InChI=1S/C16H22N2O/c1-16(2,17(3)4)11-18-9-7-12-13-8-10-19-15(13)6-5-14(12)18/h5-7,9H,8,10-11H2,1-4H3/i11D2. The van der Waals surface area contributed by atoms with Crippen molar-refractivity contribution in [1.29, 1.82) is 0 Å². The highest BCUT2D eigenvalue weighted by Crippen LogP contribution is 2.33. The van der Waals surface area contributed by atoms with E-state index < -0.39 is 12.0 Å². The van der Waals surface area contributed by atoms with E-state index in [2.05, 4.69) is 0 Å². The lowest BCUT2D eigenvalue weighted by atomic mass is 10.0. The maximum Gasteiger partial charge on any atom is 0.123 e. The summed E-state index contributed by atoms with van der Waals surface area (Å²) in [6, 6.07) is 5.93. The second kappa shape index (κ2) is 4.27. The minimum atomic E-state index is -1.52. The van der Waals surface area contributed by atoms with Gasteiger partial charge in [0.05, 0.1) is 9.35 Å². The molecule has 0 amide bonds. The Labute approximate surface area is 117 Å². The number of fused-ring (bicyclic) bond motifs is 3. The van der Waals surface area contributed by atoms with E-state index in [1.54, 1.807) is 4.57 Å². The molecule has 0 radical (unpaired) electrons. The molecule has 0 unspecified atom stereocenters. The van der Waals surface area contributed by atoms with Gasteiger partial charge in [-0.1, -0.05) is 0 Å². The van der Waals surface area contributed by atoms with E-state index in [9.17, 15) is 0 Å². The van der Waals surface area contributed by atoms with Gasteiger partial charge in [0.1, 0.15) is 5.75 Å². The lowest BCUT2D eigenvalue weighted by molar-refractivity contribution is 0.171. The first-order valence-electron chi connectivity index (χ1n) is 7.70. The zero-order valence-electron chi connectivity index (χ0n) is 14.0. The maximum absolute atomic E-state index is 8.65. The summed E-state index contributed by atoms with van der Waals surface area (Å²) in [4.78, 5) is 1.93. The van der Waals surface area contributed by atoms with Crippen molar-refractivity contribution in [2.45, 2.75) is 32.3 Å². The highest BCUT2D eigenvalue weighted by Gasteiger charge is 2.23. The van der Waals surface area contributed by atoms with Crippen LogP contribution in [0, 0.1) is 0 Å². The zero-order chi connectivity index (χ0) is 15.4. The van der Waals surface area contributed by atoms with Crippen LogP contribution >= 0.6 is 0 Å². The van der Waals surface area contributed by atoms with Crippen LogP contribution in [0.2, 0.25) is 0 Å². The Morgan fingerprint density at radius 2 is 2.16 bits per heavy atom. The van der Waals surface area contributed by atoms with Crippen LogP contribution in [-0.4, -0.2) is 35.7 Å². The molecule has 2 heterocycles. The number of hydrogen-bond acceptors (Lipinski definition) is 2. The molecule has 0 spiro atoms. The molecule has 2 aromatic rings. The fourth-order valence-corrected chi connectivity index (χ4v) is 2.41. The van der Waals surface area contributed by atoms with E-state index in [4.69, 9.17) is 7.48 Å². The van der Waals surface area contributed by atoms with Crippen molar-refractivity contribution in [3.63, 3.8) is 0 Å². The van der Waals surface area contributed by atoms with Gasteiger partial charge in [0, 0.05) is 41.1 Å². The Kier molecular flexibility index (Phi) is 2.32. The van der Waals surface area contributed by atoms with Crippen LogP contribution in [-0.2, 0) is 12.9 Å². The van der Waals surface area contributed by atoms with E-state index in [1.807, 2.05) is 57.2 Å². The minimum absolute atomic E-state index is 0.630. The van der Waals surface area contributed by atoms with Crippen molar-refractivity contribution in [3.8, 4) is 5.75 Å². The van der Waals surface area contributed by atoms with Crippen molar-refractivity contribution < 1.29 is 7.48 Å². The third-order valence-corrected chi connectivity index (χ3v) is 4.06. The van der Waals surface area contributed by atoms with Gasteiger partial charge in [-0.2, -0.15) is 0 Å². The fraction of sp³-hybridized carbons (Fsp3) is 0.500. The van der Waals surface area contributed by atoms with Crippen molar-refractivity contribution >= 4 is 10.9 Å². The Hall–Kier alpha value is -1.48. The minimum Gasteiger partial charge on any atom is -0.493 e. The van der Waals surface area contributed by atoms with Gasteiger partial charge in [-0.15, -0.1) is 0 Å². The van der Waals surface area contributed by atoms with Crippen LogP contribution in [0.4, 0.5) is 0 Å². The summed E-state index contributed by atoms with van der Waals surface area (Å²) in [5.74, 6) is 0.938. The van der Waals surface area contributed by atoms with Crippen molar-refractivity contribution in [2.75, 3.05) is 20.7 Å². The van der Waals surface area contributed by atoms with Gasteiger partial charge in [0.15, 0.2) is 0 Å². The van der Waals surface area contributed by atoms with E-state index >= 15 is 0 Å². The second-order valence-corrected chi connectivity index (χ2v) is 5.82. The molecule has 0 saturated heterocycles. The van der Waals surface area contributed by atoms with Gasteiger partial charge in [-0.05, 0) is 46.1 Å². The third kappa shape index (κ3) is 2.02. The number of aromatic nitrogens is 1. The predicted molar refractivity (Wildman–Crippen MR) is 78.9 cm³/mol. The predicted octanol–water partition coefficient (Wildman–Crippen LogP) is 2.92. The Balaban J connectivity index is 2.18. The molecule has 0 saturated carbocycles. The maximum atomic E-state index is 8.65. The highest BCUT2D eigenvalue weighted by atomic mass is 16.5. The second-order valence-electron chi connectivity index (χ2n) is 5.82. The third-order valence-electron chi connectivity index (χ3n) is 4.06. The van der Waals surface area contributed by atoms with Gasteiger partial charge >= 0.3 is 0 Å². The van der Waals surface area contributed by atoms with Crippen LogP contribution in [0.15, 0.2) is 24.4 Å². The van der Waals surface area contributed by atoms with Crippen molar-refractivity contribution in [1.82, 2.24) is 9.47 Å². The number of likely N-dealkylation sites (N-methyl/N-ethyl adjacent to an activating group) is 1. The first-order valence-corrected chi connectivity index (χ1v) is 6.70. The van der Waals surface area contributed by atoms with Gasteiger partial charge in [-0.25, -0.2) is 0 Å². The van der Waals surface area contributed by atoms with Gasteiger partial charge in [0.2, 0.25) is 0 Å². The Bertz CT molecular complexity index is 689. The zero-order valence-corrected chi connectivity index (χ0v) is 12.0. The van der Waals surface area contributed by atoms with Crippen LogP contribution in [0.5, 0.6) is 5.75 Å². The molecule has 1 aromatic carbocycles. The monoisotopic (exact) mass is 260 g/mol. The first kappa shape index (κ1) is 10.3. The normalized spacial score (nSPS) is 17.3. The summed E-state index contributed by atoms with van der Waals surface area (Å²) < 4.78 is 24.7. The van der Waals surface area contributed by atoms with E-state index in [1.165, 1.54) is 5.56 Å². The largest absolute Gasteiger partial charge is 0.493 e. The molecule has 3 heteroatoms. The number of hydrogen-bond donors (Lipinski definition) is 0. The quantitative estimate of drug-likeness (QED) is 0.844. The molecule has 102 valence electrons. The molecule has 1 aromatic heterocycles. The smallest absolute Gasteiger partial charge is 0.123 e. The summed E-state index contributed by atoms with van der Waals surface area (Å²) in [5, 5.41) is 1.10. The number of ether oxygens (including phenoxy) is 1. The average Bonchev–Trinajstić information content (AvgIpc) is 3.03. The lowest BCUT2D eigenvalue weighted by Crippen LogP contribution is -2.41. The van der Waals surface area contributed by atoms with Crippen LogP contribution in [0.25, 0.3) is 10.9 Å². The van der Waals surface area contributed by atoms with E-state index in [0.717, 1.165) is 29.7 Å². The molecule has 3 rings (SSSR count). The molecule has 0 aliphatic carbocycles. The summed E-state index contributed by atoms with van der Waals surface area (Å²) >= 11 is 0. The van der Waals surface area contributed by atoms with Crippen LogP contribution < -0.4 is 4.74 Å². The molecule has 1 aliphatic heterocycles. The SMILES string of the molecule is [2H]C([2H])(n1ccc2c3c(ccc21)OCC3)C(C)(C)N(C)C. The fourth-order valence-electron chi connectivity index (χ4n) is 2.41. The topological polar surface area (TPSA) is 17.4 Å². The van der Waals surface area contributed by atoms with Crippen molar-refractivity contribution in [2.24, 2.45) is 0 Å². The highest BCUT2D eigenvalue weighted by molar-refractivity contribution is 5.86. The molecular formula is C16H22N2O. The lowest BCUT2D eigenvalue weighted by Gasteiger charge is -2.33.